The Hall–Kier alpha value is -3.17. The summed E-state index contributed by atoms with van der Waals surface area (Å²) in [6.45, 7) is 3.33. The van der Waals surface area contributed by atoms with Gasteiger partial charge in [0.05, 0.1) is 25.6 Å². The molecule has 1 fully saturated rings. The molecule has 1 atom stereocenters. The van der Waals surface area contributed by atoms with E-state index in [1.54, 1.807) is 24.0 Å². The zero-order valence-corrected chi connectivity index (χ0v) is 18.4. The van der Waals surface area contributed by atoms with Crippen LogP contribution in [0.15, 0.2) is 24.5 Å². The number of carbonyl (C=O) groups is 2. The van der Waals surface area contributed by atoms with Crippen molar-refractivity contribution in [1.29, 1.82) is 0 Å². The lowest BCUT2D eigenvalue weighted by molar-refractivity contribution is -0.139. The third kappa shape index (κ3) is 4.94. The van der Waals surface area contributed by atoms with Crippen LogP contribution in [0.2, 0.25) is 0 Å². The van der Waals surface area contributed by atoms with Crippen molar-refractivity contribution in [2.24, 2.45) is 5.92 Å². The number of anilines is 1. The Kier molecular flexibility index (Phi) is 6.27. The van der Waals surface area contributed by atoms with Gasteiger partial charge in [-0.25, -0.2) is 9.97 Å². The quantitative estimate of drug-likeness (QED) is 0.652. The Morgan fingerprint density at radius 2 is 2.09 bits per heavy atom. The van der Waals surface area contributed by atoms with Gasteiger partial charge in [-0.05, 0) is 44.4 Å². The molecule has 0 aromatic carbocycles. The van der Waals surface area contributed by atoms with Crippen molar-refractivity contribution in [3.63, 3.8) is 0 Å². The summed E-state index contributed by atoms with van der Waals surface area (Å²) in [4.78, 5) is 35.6. The number of halogens is 3. The van der Waals surface area contributed by atoms with Crippen molar-refractivity contribution in [3.05, 3.63) is 46.8 Å². The van der Waals surface area contributed by atoms with Crippen LogP contribution in [0, 0.1) is 12.8 Å². The number of nitrogens with one attached hydrogen (secondary N) is 1. The number of carbonyl (C=O) groups excluding carboxylic acids is 2. The highest BCUT2D eigenvalue weighted by molar-refractivity contribution is 6.01. The van der Waals surface area contributed by atoms with Crippen molar-refractivity contribution in [2.45, 2.75) is 58.3 Å². The van der Waals surface area contributed by atoms with E-state index in [1.807, 2.05) is 6.92 Å². The van der Waals surface area contributed by atoms with E-state index in [1.165, 1.54) is 12.4 Å². The Bertz CT molecular complexity index is 1070. The van der Waals surface area contributed by atoms with E-state index < -0.39 is 19.2 Å². The zero-order chi connectivity index (χ0) is 23.8. The topological polar surface area (TPSA) is 84.4 Å². The molecule has 2 aliphatic rings. The lowest BCUT2D eigenvalue weighted by Gasteiger charge is -2.25. The number of alkyl halides is 3. The minimum absolute atomic E-state index is 0.000650. The maximum absolute atomic E-state index is 13.1. The van der Waals surface area contributed by atoms with Crippen LogP contribution in [0.4, 0.5) is 19.0 Å². The highest BCUT2D eigenvalue weighted by atomic mass is 19.4. The standard InChI is InChI=1S/C23H25F3N4O3/c1-13-10-16(11-28-21(13)33-9-7-23(24,25)26)14(2)30-12-18-17(22(30)32)6-8-27-19(18)29-20(31)15-4-3-5-15/h6,8,10-11,14-15H,3-5,7,9,12H2,1-2H3,(H,27,29,31). The van der Waals surface area contributed by atoms with Gasteiger partial charge in [-0.3, -0.25) is 9.59 Å². The number of nitrogens with zero attached hydrogens (tertiary/aromatic N) is 3. The van der Waals surface area contributed by atoms with Gasteiger partial charge < -0.3 is 15.0 Å². The molecule has 3 heterocycles. The van der Waals surface area contributed by atoms with Crippen molar-refractivity contribution >= 4 is 17.6 Å². The molecule has 1 aliphatic heterocycles. The third-order valence-corrected chi connectivity index (χ3v) is 6.22. The zero-order valence-electron chi connectivity index (χ0n) is 18.4. The molecule has 2 amide bonds. The first-order valence-electron chi connectivity index (χ1n) is 10.9. The Balaban J connectivity index is 1.46. The van der Waals surface area contributed by atoms with Gasteiger partial charge in [0.1, 0.15) is 5.82 Å². The molecule has 33 heavy (non-hydrogen) atoms. The van der Waals surface area contributed by atoms with Crippen LogP contribution in [-0.4, -0.2) is 39.5 Å². The Morgan fingerprint density at radius 3 is 2.73 bits per heavy atom. The average molecular weight is 462 g/mol. The van der Waals surface area contributed by atoms with Crippen LogP contribution in [-0.2, 0) is 11.3 Å². The predicted molar refractivity (Wildman–Crippen MR) is 114 cm³/mol. The summed E-state index contributed by atoms with van der Waals surface area (Å²) >= 11 is 0. The summed E-state index contributed by atoms with van der Waals surface area (Å²) in [6.07, 6.45) is 0.450. The predicted octanol–water partition coefficient (Wildman–Crippen LogP) is 4.57. The fourth-order valence-corrected chi connectivity index (χ4v) is 3.97. The molecule has 0 spiro atoms. The summed E-state index contributed by atoms with van der Waals surface area (Å²) in [5.74, 6) is 0.302. The van der Waals surface area contributed by atoms with E-state index in [4.69, 9.17) is 4.74 Å². The monoisotopic (exact) mass is 462 g/mol. The van der Waals surface area contributed by atoms with Gasteiger partial charge in [0.2, 0.25) is 11.8 Å². The van der Waals surface area contributed by atoms with Gasteiger partial charge in [0, 0.05) is 35.0 Å². The Morgan fingerprint density at radius 1 is 1.33 bits per heavy atom. The second kappa shape index (κ2) is 8.99. The molecule has 4 rings (SSSR count). The number of aryl methyl sites for hydroxylation is 1. The third-order valence-electron chi connectivity index (χ3n) is 6.22. The molecule has 10 heteroatoms. The lowest BCUT2D eigenvalue weighted by Crippen LogP contribution is -2.29. The number of rotatable bonds is 7. The molecule has 1 N–H and O–H groups in total. The van der Waals surface area contributed by atoms with Crippen molar-refractivity contribution in [3.8, 4) is 5.88 Å². The SMILES string of the molecule is Cc1cc(C(C)N2Cc3c(ccnc3NC(=O)C3CCC3)C2=O)cnc1OCCC(F)(F)F. The van der Waals surface area contributed by atoms with Crippen LogP contribution in [0.25, 0.3) is 0 Å². The second-order valence-corrected chi connectivity index (χ2v) is 8.52. The first-order chi connectivity index (χ1) is 15.6. The average Bonchev–Trinajstić information content (AvgIpc) is 3.04. The molecule has 1 saturated carbocycles. The number of amides is 2. The summed E-state index contributed by atoms with van der Waals surface area (Å²) in [7, 11) is 0. The molecule has 176 valence electrons. The molecule has 7 nitrogen and oxygen atoms in total. The molecule has 0 bridgehead atoms. The van der Waals surface area contributed by atoms with Crippen molar-refractivity contribution in [1.82, 2.24) is 14.9 Å². The van der Waals surface area contributed by atoms with Crippen LogP contribution >= 0.6 is 0 Å². The summed E-state index contributed by atoms with van der Waals surface area (Å²) < 4.78 is 42.2. The number of hydrogen-bond donors (Lipinski definition) is 1. The van der Waals surface area contributed by atoms with Crippen LogP contribution in [0.5, 0.6) is 5.88 Å². The number of hydrogen-bond acceptors (Lipinski definition) is 5. The van der Waals surface area contributed by atoms with Gasteiger partial charge in [0.15, 0.2) is 0 Å². The highest BCUT2D eigenvalue weighted by Gasteiger charge is 2.35. The van der Waals surface area contributed by atoms with Gasteiger partial charge in [-0.2, -0.15) is 13.2 Å². The minimum Gasteiger partial charge on any atom is -0.477 e. The summed E-state index contributed by atoms with van der Waals surface area (Å²) in [5.41, 5.74) is 2.49. The fourth-order valence-electron chi connectivity index (χ4n) is 3.97. The largest absolute Gasteiger partial charge is 0.477 e. The van der Waals surface area contributed by atoms with Gasteiger partial charge >= 0.3 is 6.18 Å². The lowest BCUT2D eigenvalue weighted by atomic mass is 9.85. The maximum atomic E-state index is 13.1. The molecule has 1 unspecified atom stereocenters. The molecule has 2 aromatic heterocycles. The number of ether oxygens (including phenoxy) is 1. The van der Waals surface area contributed by atoms with Crippen molar-refractivity contribution < 1.29 is 27.5 Å². The van der Waals surface area contributed by atoms with Crippen LogP contribution in [0.1, 0.15) is 65.7 Å². The van der Waals surface area contributed by atoms with E-state index in [-0.39, 0.29) is 36.2 Å². The van der Waals surface area contributed by atoms with Crippen LogP contribution < -0.4 is 10.1 Å². The number of aromatic nitrogens is 2. The molecule has 2 aromatic rings. The minimum atomic E-state index is -4.29. The molecular weight excluding hydrogens is 437 g/mol. The fraction of sp³-hybridized carbons (Fsp3) is 0.478. The highest BCUT2D eigenvalue weighted by Crippen LogP contribution is 2.35. The summed E-state index contributed by atoms with van der Waals surface area (Å²) in [5, 5.41) is 2.87. The van der Waals surface area contributed by atoms with E-state index >= 15 is 0 Å². The first kappa shape index (κ1) is 23.0. The molecule has 1 aliphatic carbocycles. The molecular formula is C23H25F3N4O3. The van der Waals surface area contributed by atoms with E-state index in [9.17, 15) is 22.8 Å². The van der Waals surface area contributed by atoms with Crippen molar-refractivity contribution in [2.75, 3.05) is 11.9 Å². The second-order valence-electron chi connectivity index (χ2n) is 8.52. The summed E-state index contributed by atoms with van der Waals surface area (Å²) in [6, 6.07) is 3.05. The van der Waals surface area contributed by atoms with Gasteiger partial charge in [0.25, 0.3) is 5.91 Å². The van der Waals surface area contributed by atoms with Crippen LogP contribution in [0.3, 0.4) is 0 Å². The first-order valence-corrected chi connectivity index (χ1v) is 10.9. The normalized spacial score (nSPS) is 16.9. The number of pyridine rings is 2. The van der Waals surface area contributed by atoms with Gasteiger partial charge in [-0.1, -0.05) is 6.42 Å². The molecule has 0 saturated heterocycles. The Labute approximate surface area is 189 Å². The van der Waals surface area contributed by atoms with E-state index in [0.717, 1.165) is 24.8 Å². The van der Waals surface area contributed by atoms with E-state index in [2.05, 4.69) is 15.3 Å². The maximum Gasteiger partial charge on any atom is 0.392 e. The number of fused-ring (bicyclic) bond motifs is 1. The van der Waals surface area contributed by atoms with E-state index in [0.29, 0.717) is 22.5 Å². The van der Waals surface area contributed by atoms with Gasteiger partial charge in [-0.15, -0.1) is 0 Å². The molecule has 0 radical (unpaired) electrons. The smallest absolute Gasteiger partial charge is 0.392 e.